The van der Waals surface area contributed by atoms with Gasteiger partial charge >= 0.3 is 0 Å². The van der Waals surface area contributed by atoms with Gasteiger partial charge in [0.2, 0.25) is 0 Å². The molecule has 0 aliphatic rings. The van der Waals surface area contributed by atoms with Crippen LogP contribution in [-0.4, -0.2) is 4.98 Å². The lowest BCUT2D eigenvalue weighted by Crippen LogP contribution is -1.92. The van der Waals surface area contributed by atoms with Gasteiger partial charge in [-0.05, 0) is 59.0 Å². The molecule has 0 atom stereocenters. The minimum absolute atomic E-state index is 0.181. The van der Waals surface area contributed by atoms with Gasteiger partial charge in [-0.25, -0.2) is 4.39 Å². The fourth-order valence-corrected chi connectivity index (χ4v) is 3.52. The summed E-state index contributed by atoms with van der Waals surface area (Å²) >= 11 is 0. The first kappa shape index (κ1) is 15.8. The van der Waals surface area contributed by atoms with Crippen molar-refractivity contribution in [2.75, 3.05) is 0 Å². The van der Waals surface area contributed by atoms with Gasteiger partial charge in [0.25, 0.3) is 0 Å². The first-order chi connectivity index (χ1) is 12.2. The largest absolute Gasteiger partial charge is 0.256 e. The second kappa shape index (κ2) is 6.29. The van der Waals surface area contributed by atoms with Gasteiger partial charge in [0.05, 0.1) is 5.69 Å². The minimum atomic E-state index is -0.181. The average molecular weight is 329 g/mol. The van der Waals surface area contributed by atoms with Gasteiger partial charge in [-0.15, -0.1) is 0 Å². The molecule has 2 heteroatoms. The third-order valence-corrected chi connectivity index (χ3v) is 4.89. The maximum absolute atomic E-state index is 14.1. The Morgan fingerprint density at radius 3 is 2.16 bits per heavy atom. The van der Waals surface area contributed by atoms with E-state index in [1.54, 1.807) is 6.07 Å². The van der Waals surface area contributed by atoms with Crippen LogP contribution in [-0.2, 0) is 12.8 Å². The minimum Gasteiger partial charge on any atom is -0.256 e. The van der Waals surface area contributed by atoms with Crippen molar-refractivity contribution in [3.05, 3.63) is 77.7 Å². The Hall–Kier alpha value is -2.74. The number of hydrogen-bond acceptors (Lipinski definition) is 1. The number of fused-ring (bicyclic) bond motifs is 3. The quantitative estimate of drug-likeness (QED) is 0.401. The summed E-state index contributed by atoms with van der Waals surface area (Å²) in [5.74, 6) is -0.181. The van der Waals surface area contributed by atoms with Crippen LogP contribution in [0.4, 0.5) is 4.39 Å². The fraction of sp³-hybridized carbons (Fsp3) is 0.174. The number of benzene rings is 3. The molecule has 0 radical (unpaired) electrons. The summed E-state index contributed by atoms with van der Waals surface area (Å²) in [6.45, 7) is 4.34. The molecule has 0 N–H and O–H groups in total. The SMILES string of the molecule is CCc1cc(CC)cc(-c2nccc3c2ccc2c(F)cccc23)c1. The molecule has 0 aliphatic heterocycles. The first-order valence-corrected chi connectivity index (χ1v) is 8.80. The Labute approximate surface area is 147 Å². The molecular formula is C23H20FN. The van der Waals surface area contributed by atoms with Gasteiger partial charge < -0.3 is 0 Å². The average Bonchev–Trinajstić information content (AvgIpc) is 2.67. The van der Waals surface area contributed by atoms with Crippen molar-refractivity contribution in [2.45, 2.75) is 26.7 Å². The van der Waals surface area contributed by atoms with Crippen LogP contribution >= 0.6 is 0 Å². The zero-order valence-electron chi connectivity index (χ0n) is 14.5. The van der Waals surface area contributed by atoms with Crippen LogP contribution < -0.4 is 0 Å². The number of nitrogens with zero attached hydrogens (tertiary/aromatic N) is 1. The third-order valence-electron chi connectivity index (χ3n) is 4.89. The normalized spacial score (nSPS) is 11.3. The second-order valence-corrected chi connectivity index (χ2v) is 6.40. The van der Waals surface area contributed by atoms with E-state index in [0.29, 0.717) is 5.39 Å². The maximum atomic E-state index is 14.1. The smallest absolute Gasteiger partial charge is 0.131 e. The molecule has 124 valence electrons. The highest BCUT2D eigenvalue weighted by molar-refractivity contribution is 6.11. The molecule has 4 aromatic rings. The number of aromatic nitrogens is 1. The molecule has 25 heavy (non-hydrogen) atoms. The van der Waals surface area contributed by atoms with E-state index in [4.69, 9.17) is 0 Å². The molecule has 0 saturated heterocycles. The second-order valence-electron chi connectivity index (χ2n) is 6.40. The molecule has 3 aromatic carbocycles. The van der Waals surface area contributed by atoms with Crippen molar-refractivity contribution >= 4 is 21.5 Å². The van der Waals surface area contributed by atoms with E-state index in [0.717, 1.165) is 40.3 Å². The summed E-state index contributed by atoms with van der Waals surface area (Å²) in [6.07, 6.45) is 3.83. The van der Waals surface area contributed by atoms with Crippen LogP contribution in [0.5, 0.6) is 0 Å². The molecular weight excluding hydrogens is 309 g/mol. The highest BCUT2D eigenvalue weighted by Crippen LogP contribution is 2.33. The summed E-state index contributed by atoms with van der Waals surface area (Å²) in [5.41, 5.74) is 4.74. The number of pyridine rings is 1. The predicted octanol–water partition coefficient (Wildman–Crippen LogP) is 6.32. The third kappa shape index (κ3) is 2.68. The summed E-state index contributed by atoms with van der Waals surface area (Å²) in [6, 6.07) is 17.8. The Kier molecular flexibility index (Phi) is 3.96. The lowest BCUT2D eigenvalue weighted by atomic mass is 9.95. The number of rotatable bonds is 3. The molecule has 4 rings (SSSR count). The molecule has 1 aromatic heterocycles. The van der Waals surface area contributed by atoms with Crippen LogP contribution in [0.3, 0.4) is 0 Å². The summed E-state index contributed by atoms with van der Waals surface area (Å²) in [5, 5.41) is 3.70. The van der Waals surface area contributed by atoms with Crippen LogP contribution in [0.1, 0.15) is 25.0 Å². The van der Waals surface area contributed by atoms with Crippen molar-refractivity contribution in [2.24, 2.45) is 0 Å². The van der Waals surface area contributed by atoms with Crippen LogP contribution in [0.15, 0.2) is 60.8 Å². The Balaban J connectivity index is 2.03. The predicted molar refractivity (Wildman–Crippen MR) is 103 cm³/mol. The zero-order chi connectivity index (χ0) is 17.4. The summed E-state index contributed by atoms with van der Waals surface area (Å²) in [7, 11) is 0. The van der Waals surface area contributed by atoms with Crippen LogP contribution in [0, 0.1) is 5.82 Å². The van der Waals surface area contributed by atoms with Gasteiger partial charge in [0.1, 0.15) is 5.82 Å². The van der Waals surface area contributed by atoms with Crippen LogP contribution in [0.2, 0.25) is 0 Å². The van der Waals surface area contributed by atoms with E-state index < -0.39 is 0 Å². The van der Waals surface area contributed by atoms with E-state index in [1.165, 1.54) is 17.2 Å². The lowest BCUT2D eigenvalue weighted by molar-refractivity contribution is 0.640. The topological polar surface area (TPSA) is 12.9 Å². The van der Waals surface area contributed by atoms with Crippen molar-refractivity contribution < 1.29 is 4.39 Å². The van der Waals surface area contributed by atoms with E-state index >= 15 is 0 Å². The molecule has 0 unspecified atom stereocenters. The molecule has 0 fully saturated rings. The number of halogens is 1. The van der Waals surface area contributed by atoms with Crippen molar-refractivity contribution in [1.29, 1.82) is 0 Å². The van der Waals surface area contributed by atoms with E-state index in [1.807, 2.05) is 30.5 Å². The van der Waals surface area contributed by atoms with Gasteiger partial charge in [0.15, 0.2) is 0 Å². The molecule has 1 nitrogen and oxygen atoms in total. The Morgan fingerprint density at radius 2 is 1.44 bits per heavy atom. The van der Waals surface area contributed by atoms with Crippen molar-refractivity contribution in [3.63, 3.8) is 0 Å². The highest BCUT2D eigenvalue weighted by Gasteiger charge is 2.11. The standard InChI is InChI=1S/C23H20FN/c1-3-15-12-16(4-2)14-17(13-15)23-21-9-8-20-18(6-5-7-22(20)24)19(21)10-11-25-23/h5-14H,3-4H2,1-2H3. The number of aryl methyl sites for hydroxylation is 2. The molecule has 0 spiro atoms. The Morgan fingerprint density at radius 1 is 0.760 bits per heavy atom. The summed E-state index contributed by atoms with van der Waals surface area (Å²) < 4.78 is 14.1. The maximum Gasteiger partial charge on any atom is 0.131 e. The zero-order valence-corrected chi connectivity index (χ0v) is 14.5. The number of hydrogen-bond donors (Lipinski definition) is 0. The van der Waals surface area contributed by atoms with Gasteiger partial charge in [0, 0.05) is 22.5 Å². The van der Waals surface area contributed by atoms with E-state index in [-0.39, 0.29) is 5.82 Å². The highest BCUT2D eigenvalue weighted by atomic mass is 19.1. The lowest BCUT2D eigenvalue weighted by Gasteiger charge is -2.11. The van der Waals surface area contributed by atoms with Crippen molar-refractivity contribution in [3.8, 4) is 11.3 Å². The van der Waals surface area contributed by atoms with Crippen molar-refractivity contribution in [1.82, 2.24) is 4.98 Å². The summed E-state index contributed by atoms with van der Waals surface area (Å²) in [4.78, 5) is 4.66. The Bertz CT molecular complexity index is 1060. The molecule has 0 aliphatic carbocycles. The molecule has 1 heterocycles. The van der Waals surface area contributed by atoms with Gasteiger partial charge in [-0.1, -0.05) is 44.2 Å². The van der Waals surface area contributed by atoms with E-state index in [9.17, 15) is 4.39 Å². The molecule has 0 amide bonds. The first-order valence-electron chi connectivity index (χ1n) is 8.80. The molecule has 0 bridgehead atoms. The monoisotopic (exact) mass is 329 g/mol. The molecule has 0 saturated carbocycles. The van der Waals surface area contributed by atoms with Crippen LogP contribution in [0.25, 0.3) is 32.8 Å². The van der Waals surface area contributed by atoms with Gasteiger partial charge in [-0.3, -0.25) is 4.98 Å². The van der Waals surface area contributed by atoms with Gasteiger partial charge in [-0.2, -0.15) is 0 Å². The fourth-order valence-electron chi connectivity index (χ4n) is 3.52. The van der Waals surface area contributed by atoms with E-state index in [2.05, 4.69) is 37.0 Å².